The molecule has 0 aromatic heterocycles. The highest BCUT2D eigenvalue weighted by molar-refractivity contribution is 14.1. The van der Waals surface area contributed by atoms with Crippen LogP contribution in [0.4, 0.5) is 4.79 Å². The van der Waals surface area contributed by atoms with Crippen LogP contribution in [0.1, 0.15) is 17.3 Å². The zero-order chi connectivity index (χ0) is 15.8. The highest BCUT2D eigenvalue weighted by Crippen LogP contribution is 2.14. The smallest absolute Gasteiger partial charge is 0.417 e. The van der Waals surface area contributed by atoms with Crippen LogP contribution in [0.2, 0.25) is 0 Å². The van der Waals surface area contributed by atoms with Gasteiger partial charge in [-0.05, 0) is 19.1 Å². The maximum atomic E-state index is 12.5. The van der Waals surface area contributed by atoms with Gasteiger partial charge in [-0.2, -0.15) is 0 Å². The van der Waals surface area contributed by atoms with Crippen LogP contribution in [-0.4, -0.2) is 47.1 Å². The quantitative estimate of drug-likeness (QED) is 0.427. The molecule has 0 unspecified atom stereocenters. The zero-order valence-electron chi connectivity index (χ0n) is 11.7. The number of imide groups is 1. The van der Waals surface area contributed by atoms with Gasteiger partial charge in [0.2, 0.25) is 0 Å². The van der Waals surface area contributed by atoms with Crippen molar-refractivity contribution in [3.63, 3.8) is 0 Å². The fourth-order valence-electron chi connectivity index (χ4n) is 1.64. The maximum absolute atomic E-state index is 12.5. The summed E-state index contributed by atoms with van der Waals surface area (Å²) >= 11 is 1.92. The minimum absolute atomic E-state index is 0.104. The number of alkyl halides is 1. The molecule has 0 heterocycles. The Morgan fingerprint density at radius 2 is 1.86 bits per heavy atom. The van der Waals surface area contributed by atoms with Gasteiger partial charge in [0, 0.05) is 9.99 Å². The number of esters is 1. The summed E-state index contributed by atoms with van der Waals surface area (Å²) in [5.41, 5.74) is 0.296. The minimum atomic E-state index is -1.03. The standard InChI is InChI=1S/C14H16INO5/c1-3-21-14(19)16(11(9-15)13(18)20-2)12(17)10-7-5-4-6-8-10/h4-8,11H,3,9H2,1-2H3/t11-/m1/s1. The first kappa shape index (κ1) is 17.4. The largest absolute Gasteiger partial charge is 0.467 e. The second kappa shape index (κ2) is 8.60. The molecule has 0 spiro atoms. The Bertz CT molecular complexity index is 505. The van der Waals surface area contributed by atoms with Crippen molar-refractivity contribution >= 4 is 40.6 Å². The molecule has 6 nitrogen and oxygen atoms in total. The van der Waals surface area contributed by atoms with Crippen molar-refractivity contribution in [3.8, 4) is 0 Å². The molecule has 0 aliphatic rings. The first-order valence-corrected chi connectivity index (χ1v) is 7.78. The summed E-state index contributed by atoms with van der Waals surface area (Å²) in [6.07, 6.45) is -0.863. The van der Waals surface area contributed by atoms with Crippen LogP contribution in [0.15, 0.2) is 30.3 Å². The van der Waals surface area contributed by atoms with E-state index in [4.69, 9.17) is 4.74 Å². The van der Waals surface area contributed by atoms with E-state index in [0.29, 0.717) is 5.56 Å². The summed E-state index contributed by atoms with van der Waals surface area (Å²) in [5.74, 6) is -1.26. The highest BCUT2D eigenvalue weighted by Gasteiger charge is 2.36. The number of ether oxygens (including phenoxy) is 2. The van der Waals surface area contributed by atoms with Crippen molar-refractivity contribution in [1.29, 1.82) is 0 Å². The van der Waals surface area contributed by atoms with Crippen LogP contribution in [0, 0.1) is 0 Å². The van der Waals surface area contributed by atoms with E-state index in [-0.39, 0.29) is 11.0 Å². The Hall–Kier alpha value is -1.64. The molecular formula is C14H16INO5. The van der Waals surface area contributed by atoms with Gasteiger partial charge in [-0.1, -0.05) is 40.8 Å². The third kappa shape index (κ3) is 4.42. The summed E-state index contributed by atoms with van der Waals surface area (Å²) in [4.78, 5) is 37.1. The molecule has 114 valence electrons. The number of carbonyl (C=O) groups excluding carboxylic acids is 3. The summed E-state index contributed by atoms with van der Waals surface area (Å²) in [5, 5.41) is 0. The van der Waals surface area contributed by atoms with Gasteiger partial charge in [-0.15, -0.1) is 0 Å². The average molecular weight is 405 g/mol. The molecule has 1 atom stereocenters. The highest BCUT2D eigenvalue weighted by atomic mass is 127. The molecule has 21 heavy (non-hydrogen) atoms. The summed E-state index contributed by atoms with van der Waals surface area (Å²) in [6, 6.07) is 7.21. The van der Waals surface area contributed by atoms with Crippen molar-refractivity contribution in [2.24, 2.45) is 0 Å². The van der Waals surface area contributed by atoms with Crippen molar-refractivity contribution in [1.82, 2.24) is 4.90 Å². The first-order valence-electron chi connectivity index (χ1n) is 6.25. The molecule has 0 saturated carbocycles. The van der Waals surface area contributed by atoms with E-state index >= 15 is 0 Å². The summed E-state index contributed by atoms with van der Waals surface area (Å²) in [6.45, 7) is 1.73. The van der Waals surface area contributed by atoms with Crippen LogP contribution in [0.25, 0.3) is 0 Å². The van der Waals surface area contributed by atoms with Crippen molar-refractivity contribution in [2.45, 2.75) is 13.0 Å². The van der Waals surface area contributed by atoms with E-state index in [1.54, 1.807) is 37.3 Å². The molecule has 1 aromatic rings. The Morgan fingerprint density at radius 3 is 2.33 bits per heavy atom. The molecule has 1 aromatic carbocycles. The van der Waals surface area contributed by atoms with E-state index < -0.39 is 24.0 Å². The van der Waals surface area contributed by atoms with Crippen LogP contribution in [0.3, 0.4) is 0 Å². The normalized spacial score (nSPS) is 11.4. The van der Waals surface area contributed by atoms with Gasteiger partial charge >= 0.3 is 12.1 Å². The number of hydrogen-bond acceptors (Lipinski definition) is 5. The molecule has 0 aliphatic carbocycles. The fraction of sp³-hybridized carbons (Fsp3) is 0.357. The van der Waals surface area contributed by atoms with Gasteiger partial charge in [0.15, 0.2) is 0 Å². The molecular weight excluding hydrogens is 389 g/mol. The first-order chi connectivity index (χ1) is 10.1. The lowest BCUT2D eigenvalue weighted by Crippen LogP contribution is -2.50. The Morgan fingerprint density at radius 1 is 1.24 bits per heavy atom. The number of carbonyl (C=O) groups is 3. The van der Waals surface area contributed by atoms with Crippen LogP contribution in [-0.2, 0) is 14.3 Å². The molecule has 0 N–H and O–H groups in total. The van der Waals surface area contributed by atoms with Crippen molar-refractivity contribution in [3.05, 3.63) is 35.9 Å². The topological polar surface area (TPSA) is 72.9 Å². The minimum Gasteiger partial charge on any atom is -0.467 e. The van der Waals surface area contributed by atoms with E-state index in [1.807, 2.05) is 22.6 Å². The van der Waals surface area contributed by atoms with E-state index in [0.717, 1.165) is 4.90 Å². The Kier molecular flexibility index (Phi) is 7.13. The zero-order valence-corrected chi connectivity index (χ0v) is 13.9. The average Bonchev–Trinajstić information content (AvgIpc) is 2.52. The second-order valence-corrected chi connectivity index (χ2v) is 4.81. The van der Waals surface area contributed by atoms with Crippen molar-refractivity contribution < 1.29 is 23.9 Å². The fourth-order valence-corrected chi connectivity index (χ4v) is 2.39. The van der Waals surface area contributed by atoms with Gasteiger partial charge in [0.1, 0.15) is 6.04 Å². The number of halogens is 1. The van der Waals surface area contributed by atoms with Crippen LogP contribution >= 0.6 is 22.6 Å². The monoisotopic (exact) mass is 405 g/mol. The SMILES string of the molecule is CCOC(=O)N(C(=O)c1ccccc1)[C@H](CI)C(=O)OC. The van der Waals surface area contributed by atoms with Gasteiger partial charge < -0.3 is 9.47 Å². The number of amides is 2. The summed E-state index contributed by atoms with van der Waals surface area (Å²) < 4.78 is 9.74. The van der Waals surface area contributed by atoms with Crippen molar-refractivity contribution in [2.75, 3.05) is 18.1 Å². The Balaban J connectivity index is 3.15. The predicted octanol–water partition coefficient (Wildman–Crippen LogP) is 2.26. The lowest BCUT2D eigenvalue weighted by molar-refractivity contribution is -0.144. The molecule has 1 rings (SSSR count). The number of benzene rings is 1. The lowest BCUT2D eigenvalue weighted by Gasteiger charge is -2.26. The second-order valence-electron chi connectivity index (χ2n) is 3.93. The van der Waals surface area contributed by atoms with E-state index in [9.17, 15) is 14.4 Å². The molecule has 0 bridgehead atoms. The van der Waals surface area contributed by atoms with Crippen LogP contribution in [0.5, 0.6) is 0 Å². The van der Waals surface area contributed by atoms with Gasteiger partial charge in [-0.25, -0.2) is 14.5 Å². The number of rotatable bonds is 5. The lowest BCUT2D eigenvalue weighted by atomic mass is 10.1. The maximum Gasteiger partial charge on any atom is 0.417 e. The third-order valence-corrected chi connectivity index (χ3v) is 3.47. The van der Waals surface area contributed by atoms with E-state index in [2.05, 4.69) is 4.74 Å². The molecule has 0 aliphatic heterocycles. The predicted molar refractivity (Wildman–Crippen MR) is 84.3 cm³/mol. The van der Waals surface area contributed by atoms with Gasteiger partial charge in [-0.3, -0.25) is 4.79 Å². The Labute approximate surface area is 136 Å². The van der Waals surface area contributed by atoms with Gasteiger partial charge in [0.05, 0.1) is 13.7 Å². The third-order valence-electron chi connectivity index (χ3n) is 2.64. The van der Waals surface area contributed by atoms with E-state index in [1.165, 1.54) is 7.11 Å². The van der Waals surface area contributed by atoms with Crippen LogP contribution < -0.4 is 0 Å². The van der Waals surface area contributed by atoms with Gasteiger partial charge in [0.25, 0.3) is 5.91 Å². The number of methoxy groups -OCH3 is 1. The molecule has 0 fully saturated rings. The number of nitrogens with zero attached hydrogens (tertiary/aromatic N) is 1. The molecule has 0 radical (unpaired) electrons. The number of hydrogen-bond donors (Lipinski definition) is 0. The molecule has 2 amide bonds. The molecule has 0 saturated heterocycles. The summed E-state index contributed by atoms with van der Waals surface area (Å²) in [7, 11) is 1.21. The molecule has 7 heteroatoms.